The Morgan fingerprint density at radius 2 is 1.72 bits per heavy atom. The molecule has 0 spiro atoms. The molecule has 0 aliphatic carbocycles. The summed E-state index contributed by atoms with van der Waals surface area (Å²) in [4.78, 5) is 33.3. The third kappa shape index (κ3) is 6.99. The number of benzene rings is 3. The fourth-order valence-electron chi connectivity index (χ4n) is 6.39. The van der Waals surface area contributed by atoms with Crippen molar-refractivity contribution in [1.82, 2.24) is 20.1 Å². The Labute approximate surface area is 296 Å². The van der Waals surface area contributed by atoms with Crippen LogP contribution < -0.4 is 9.64 Å². The van der Waals surface area contributed by atoms with Crippen LogP contribution in [0.3, 0.4) is 0 Å². The van der Waals surface area contributed by atoms with Crippen molar-refractivity contribution in [3.8, 4) is 16.9 Å². The summed E-state index contributed by atoms with van der Waals surface area (Å²) in [7, 11) is 1.33. The second-order valence-electron chi connectivity index (χ2n) is 12.1. The maximum Gasteiger partial charge on any atom is 0.433 e. The van der Waals surface area contributed by atoms with Gasteiger partial charge in [0.15, 0.2) is 0 Å². The summed E-state index contributed by atoms with van der Waals surface area (Å²) in [6.07, 6.45) is -2.72. The molecular weight excluding hydrogens is 694 g/mol. The van der Waals surface area contributed by atoms with E-state index in [1.54, 1.807) is 29.2 Å². The first-order chi connectivity index (χ1) is 23.9. The van der Waals surface area contributed by atoms with Crippen molar-refractivity contribution >= 4 is 51.7 Å². The van der Waals surface area contributed by atoms with Gasteiger partial charge in [0, 0.05) is 53.4 Å². The molecule has 262 valence electrons. The number of aryl methyl sites for hydroxylation is 3. The Hall–Kier alpha value is -4.68. The van der Waals surface area contributed by atoms with E-state index >= 15 is 0 Å². The van der Waals surface area contributed by atoms with E-state index in [1.165, 1.54) is 13.2 Å². The number of nitrogens with one attached hydrogen (secondary N) is 2. The standard InChI is InChI=1S/C36H34Cl2F3N5O4/c1-20-16-24(17-21(2)30(20)38)50-15-5-8-25-26-9-10-28(37)29(27-19-42-44-33(27)36(39,40)41)31(26)43-32(25)34(47)46-13-11-45(12-14-46)23-7-4-6-22(18-23)35(48)49-3/h4,6-7,9-10,16-19,43H,5,8,11-15H2,1-3H3,(H,42,44). The molecule has 3 heterocycles. The van der Waals surface area contributed by atoms with E-state index in [1.807, 2.05) is 32.0 Å². The second-order valence-corrected chi connectivity index (χ2v) is 12.9. The number of hydrogen-bond donors (Lipinski definition) is 2. The van der Waals surface area contributed by atoms with Crippen LogP contribution in [0, 0.1) is 13.8 Å². The molecule has 14 heteroatoms. The fraction of sp³-hybridized carbons (Fsp3) is 0.306. The van der Waals surface area contributed by atoms with Gasteiger partial charge in [-0.05, 0) is 79.8 Å². The maximum atomic E-state index is 14.2. The maximum absolute atomic E-state index is 14.2. The number of aromatic amines is 2. The van der Waals surface area contributed by atoms with Gasteiger partial charge in [-0.2, -0.15) is 18.3 Å². The monoisotopic (exact) mass is 727 g/mol. The Kier molecular flexibility index (Phi) is 10.0. The van der Waals surface area contributed by atoms with E-state index in [9.17, 15) is 22.8 Å². The minimum Gasteiger partial charge on any atom is -0.494 e. The van der Waals surface area contributed by atoms with Crippen LogP contribution in [-0.4, -0.2) is 71.9 Å². The van der Waals surface area contributed by atoms with Crippen LogP contribution >= 0.6 is 23.2 Å². The average molecular weight is 729 g/mol. The molecule has 1 aliphatic heterocycles. The number of carbonyl (C=O) groups is 2. The van der Waals surface area contributed by atoms with Gasteiger partial charge in [-0.25, -0.2) is 4.79 Å². The molecule has 1 aliphatic rings. The number of esters is 1. The van der Waals surface area contributed by atoms with Gasteiger partial charge in [-0.15, -0.1) is 0 Å². The van der Waals surface area contributed by atoms with Gasteiger partial charge < -0.3 is 24.3 Å². The number of ether oxygens (including phenoxy) is 2. The predicted molar refractivity (Wildman–Crippen MR) is 187 cm³/mol. The number of aromatic nitrogens is 3. The first kappa shape index (κ1) is 35.2. The van der Waals surface area contributed by atoms with E-state index < -0.39 is 17.8 Å². The van der Waals surface area contributed by atoms with Crippen LogP contribution in [0.15, 0.2) is 54.7 Å². The topological polar surface area (TPSA) is 104 Å². The van der Waals surface area contributed by atoms with Crippen LogP contribution in [-0.2, 0) is 17.3 Å². The number of methoxy groups -OCH3 is 1. The van der Waals surface area contributed by atoms with Crippen molar-refractivity contribution in [2.45, 2.75) is 32.9 Å². The van der Waals surface area contributed by atoms with Crippen molar-refractivity contribution in [3.63, 3.8) is 0 Å². The molecule has 3 aromatic carbocycles. The lowest BCUT2D eigenvalue weighted by atomic mass is 9.99. The molecule has 0 saturated carbocycles. The van der Waals surface area contributed by atoms with Crippen molar-refractivity contribution in [2.24, 2.45) is 0 Å². The third-order valence-corrected chi connectivity index (χ3v) is 9.80. The number of carbonyl (C=O) groups excluding carboxylic acids is 2. The molecule has 1 amide bonds. The molecule has 2 aromatic heterocycles. The molecule has 0 unspecified atom stereocenters. The Morgan fingerprint density at radius 1 is 1.00 bits per heavy atom. The third-order valence-electron chi connectivity index (χ3n) is 8.89. The Morgan fingerprint density at radius 3 is 2.40 bits per heavy atom. The second kappa shape index (κ2) is 14.3. The molecule has 2 N–H and O–H groups in total. The number of alkyl halides is 3. The number of piperazine rings is 1. The number of halogens is 5. The van der Waals surface area contributed by atoms with Crippen LogP contribution in [0.1, 0.15) is 49.7 Å². The molecule has 0 atom stereocenters. The van der Waals surface area contributed by atoms with E-state index in [-0.39, 0.29) is 27.8 Å². The van der Waals surface area contributed by atoms with Crippen molar-refractivity contribution in [2.75, 3.05) is 44.8 Å². The number of amides is 1. The number of H-pyrrole nitrogens is 2. The van der Waals surface area contributed by atoms with Gasteiger partial charge in [0.2, 0.25) is 0 Å². The molecule has 0 bridgehead atoms. The number of anilines is 1. The summed E-state index contributed by atoms with van der Waals surface area (Å²) in [5.74, 6) is -0.0503. The van der Waals surface area contributed by atoms with Crippen LogP contribution in [0.25, 0.3) is 22.0 Å². The Balaban J connectivity index is 1.30. The summed E-state index contributed by atoms with van der Waals surface area (Å²) < 4.78 is 52.8. The van der Waals surface area contributed by atoms with E-state index in [4.69, 9.17) is 32.7 Å². The average Bonchev–Trinajstić information content (AvgIpc) is 3.74. The molecule has 1 fully saturated rings. The highest BCUT2D eigenvalue weighted by atomic mass is 35.5. The number of hydrogen-bond acceptors (Lipinski definition) is 6. The highest BCUT2D eigenvalue weighted by molar-refractivity contribution is 6.35. The lowest BCUT2D eigenvalue weighted by Crippen LogP contribution is -2.49. The summed E-state index contributed by atoms with van der Waals surface area (Å²) in [5.41, 5.74) is 3.13. The SMILES string of the molecule is COC(=O)c1cccc(N2CCN(C(=O)c3[nH]c4c(-c5cn[nH]c5C(F)(F)F)c(Cl)ccc4c3CCCOc3cc(C)c(Cl)c(C)c3)CC2)c1. The summed E-state index contributed by atoms with van der Waals surface area (Å²) in [5, 5.41) is 7.05. The van der Waals surface area contributed by atoms with Gasteiger partial charge in [-0.1, -0.05) is 35.3 Å². The Bertz CT molecular complexity index is 2050. The zero-order valence-electron chi connectivity index (χ0n) is 27.5. The van der Waals surface area contributed by atoms with Crippen molar-refractivity contribution in [1.29, 1.82) is 0 Å². The first-order valence-corrected chi connectivity index (χ1v) is 16.7. The van der Waals surface area contributed by atoms with Crippen LogP contribution in [0.4, 0.5) is 18.9 Å². The molecule has 6 rings (SSSR count). The molecule has 0 radical (unpaired) electrons. The normalized spacial score (nSPS) is 13.6. The first-order valence-electron chi connectivity index (χ1n) is 15.9. The van der Waals surface area contributed by atoms with Gasteiger partial charge in [0.05, 0.1) is 36.0 Å². The quantitative estimate of drug-likeness (QED) is 0.117. The van der Waals surface area contributed by atoms with E-state index in [0.29, 0.717) is 78.4 Å². The highest BCUT2D eigenvalue weighted by Crippen LogP contribution is 2.43. The lowest BCUT2D eigenvalue weighted by Gasteiger charge is -2.36. The van der Waals surface area contributed by atoms with Crippen LogP contribution in [0.2, 0.25) is 10.0 Å². The predicted octanol–water partition coefficient (Wildman–Crippen LogP) is 8.26. The van der Waals surface area contributed by atoms with E-state index in [0.717, 1.165) is 23.0 Å². The molecular formula is C36H34Cl2F3N5O4. The molecule has 50 heavy (non-hydrogen) atoms. The van der Waals surface area contributed by atoms with Crippen LogP contribution in [0.5, 0.6) is 5.75 Å². The van der Waals surface area contributed by atoms with Gasteiger partial charge >= 0.3 is 12.1 Å². The van der Waals surface area contributed by atoms with Crippen molar-refractivity contribution in [3.05, 3.63) is 98.4 Å². The minimum absolute atomic E-state index is 0.0795. The fourth-order valence-corrected chi connectivity index (χ4v) is 6.76. The summed E-state index contributed by atoms with van der Waals surface area (Å²) >= 11 is 12.9. The van der Waals surface area contributed by atoms with Gasteiger partial charge in [0.25, 0.3) is 5.91 Å². The number of nitrogens with zero attached hydrogens (tertiary/aromatic N) is 3. The zero-order valence-corrected chi connectivity index (χ0v) is 29.0. The largest absolute Gasteiger partial charge is 0.494 e. The van der Waals surface area contributed by atoms with Gasteiger partial charge in [0.1, 0.15) is 17.1 Å². The van der Waals surface area contributed by atoms with Gasteiger partial charge in [-0.3, -0.25) is 9.89 Å². The smallest absolute Gasteiger partial charge is 0.433 e. The van der Waals surface area contributed by atoms with Crippen molar-refractivity contribution < 1.29 is 32.2 Å². The lowest BCUT2D eigenvalue weighted by molar-refractivity contribution is -0.140. The zero-order chi connectivity index (χ0) is 35.7. The number of rotatable bonds is 9. The molecule has 1 saturated heterocycles. The molecule has 5 aromatic rings. The number of fused-ring (bicyclic) bond motifs is 1. The minimum atomic E-state index is -4.71. The summed E-state index contributed by atoms with van der Waals surface area (Å²) in [6, 6.07) is 14.1. The summed E-state index contributed by atoms with van der Waals surface area (Å²) in [6.45, 7) is 5.88. The highest BCUT2D eigenvalue weighted by Gasteiger charge is 2.37. The van der Waals surface area contributed by atoms with E-state index in [2.05, 4.69) is 20.1 Å². The molecule has 9 nitrogen and oxygen atoms in total.